The van der Waals surface area contributed by atoms with Crippen molar-refractivity contribution in [1.29, 1.82) is 0 Å². The van der Waals surface area contributed by atoms with Crippen LogP contribution in [0.3, 0.4) is 0 Å². The molecule has 0 spiro atoms. The first-order valence-corrected chi connectivity index (χ1v) is 19.9. The maximum Gasteiger partial charge on any atom is 0.415 e. The number of benzene rings is 3. The van der Waals surface area contributed by atoms with Gasteiger partial charge in [0.2, 0.25) is 5.79 Å². The number of amides is 1. The molecule has 13 heteroatoms. The molecule has 1 amide bonds. The number of rotatable bonds is 19. The molecule has 3 aromatic carbocycles. The van der Waals surface area contributed by atoms with Gasteiger partial charge in [-0.3, -0.25) is 15.0 Å². The van der Waals surface area contributed by atoms with E-state index in [0.717, 1.165) is 42.4 Å². The molecular formula is C44H53N3O10. The minimum atomic E-state index is -1.50. The van der Waals surface area contributed by atoms with E-state index >= 15 is 0 Å². The van der Waals surface area contributed by atoms with Gasteiger partial charge in [0.25, 0.3) is 5.69 Å². The van der Waals surface area contributed by atoms with Crippen molar-refractivity contribution >= 4 is 17.5 Å². The summed E-state index contributed by atoms with van der Waals surface area (Å²) in [6, 6.07) is 19.3. The lowest BCUT2D eigenvalue weighted by Crippen LogP contribution is -2.70. The first kappa shape index (κ1) is 41.4. The average Bonchev–Trinajstić information content (AvgIpc) is 3.21. The molecule has 0 bridgehead atoms. The number of unbranched alkanes of at least 4 members (excludes halogenated alkanes) is 2. The molecule has 3 aliphatic rings. The highest BCUT2D eigenvalue weighted by Crippen LogP contribution is 2.62. The average molecular weight is 784 g/mol. The summed E-state index contributed by atoms with van der Waals surface area (Å²) in [7, 11) is 0. The third-order valence-electron chi connectivity index (χ3n) is 11.2. The van der Waals surface area contributed by atoms with Crippen LogP contribution >= 0.6 is 0 Å². The number of aliphatic hydroxyl groups is 2. The highest BCUT2D eigenvalue weighted by Gasteiger charge is 2.65. The maximum atomic E-state index is 14.5. The molecule has 2 aliphatic carbocycles. The molecule has 0 aromatic heterocycles. The van der Waals surface area contributed by atoms with E-state index in [9.17, 15) is 30.2 Å². The first-order chi connectivity index (χ1) is 27.7. The Labute approximate surface area is 333 Å². The molecule has 3 aromatic rings. The van der Waals surface area contributed by atoms with Crippen molar-refractivity contribution in [2.45, 2.75) is 82.6 Å². The number of non-ortho nitro benzene ring substituents is 1. The number of hydrogen-bond donors (Lipinski definition) is 3. The van der Waals surface area contributed by atoms with Crippen molar-refractivity contribution in [1.82, 2.24) is 4.90 Å². The van der Waals surface area contributed by atoms with Gasteiger partial charge in [-0.1, -0.05) is 67.4 Å². The molecule has 6 atom stereocenters. The third kappa shape index (κ3) is 9.16. The van der Waals surface area contributed by atoms with E-state index in [1.807, 2.05) is 37.3 Å². The second kappa shape index (κ2) is 19.3. The van der Waals surface area contributed by atoms with Gasteiger partial charge in [0.1, 0.15) is 29.9 Å². The molecular weight excluding hydrogens is 730 g/mol. The molecule has 6 unspecified atom stereocenters. The van der Waals surface area contributed by atoms with Gasteiger partial charge in [-0.2, -0.15) is 0 Å². The third-order valence-corrected chi connectivity index (χ3v) is 11.2. The van der Waals surface area contributed by atoms with E-state index in [2.05, 4.69) is 12.7 Å². The fraction of sp³-hybridized carbons (Fsp3) is 0.455. The van der Waals surface area contributed by atoms with Crippen LogP contribution in [0.25, 0.3) is 0 Å². The number of aliphatic hydroxyl groups excluding tert-OH is 2. The Balaban J connectivity index is 1.54. The Kier molecular flexibility index (Phi) is 14.0. The summed E-state index contributed by atoms with van der Waals surface area (Å²) >= 11 is 0. The van der Waals surface area contributed by atoms with Crippen molar-refractivity contribution in [3.63, 3.8) is 0 Å². The van der Waals surface area contributed by atoms with Crippen molar-refractivity contribution in [3.05, 3.63) is 118 Å². The summed E-state index contributed by atoms with van der Waals surface area (Å²) in [5.41, 5.74) is 3.11. The number of nitro benzene ring substituents is 1. The van der Waals surface area contributed by atoms with Crippen LogP contribution in [0.5, 0.6) is 17.2 Å². The van der Waals surface area contributed by atoms with Crippen LogP contribution in [0.4, 0.5) is 10.5 Å². The SMILES string of the molecule is C=CCOC12Oc3ccc(O)cc3C3C(CCCCO)C(CCCCO)C=C(C(=NOCc4ccccc4)CC1N(CCC)C(=O)Oc1ccc([N+](=O)[O-])cc1)C32. The summed E-state index contributed by atoms with van der Waals surface area (Å²) in [5.74, 6) is -1.56. The Bertz CT molecular complexity index is 1900. The number of aromatic hydroxyl groups is 1. The quantitative estimate of drug-likeness (QED) is 0.0467. The molecule has 1 aliphatic heterocycles. The molecule has 57 heavy (non-hydrogen) atoms. The number of hydrogen-bond acceptors (Lipinski definition) is 11. The first-order valence-electron chi connectivity index (χ1n) is 19.9. The van der Waals surface area contributed by atoms with E-state index in [4.69, 9.17) is 24.2 Å². The van der Waals surface area contributed by atoms with Crippen LogP contribution in [-0.2, 0) is 16.2 Å². The minimum Gasteiger partial charge on any atom is -0.508 e. The number of nitro groups is 1. The van der Waals surface area contributed by atoms with E-state index in [1.165, 1.54) is 24.3 Å². The fourth-order valence-corrected chi connectivity index (χ4v) is 8.83. The summed E-state index contributed by atoms with van der Waals surface area (Å²) in [6.45, 7) is 6.60. The lowest BCUT2D eigenvalue weighted by Gasteiger charge is -2.59. The summed E-state index contributed by atoms with van der Waals surface area (Å²) in [4.78, 5) is 33.0. The minimum absolute atomic E-state index is 0.00271. The monoisotopic (exact) mass is 783 g/mol. The van der Waals surface area contributed by atoms with Crippen LogP contribution in [0.15, 0.2) is 102 Å². The number of carbonyl (C=O) groups is 1. The molecule has 13 nitrogen and oxygen atoms in total. The Hall–Kier alpha value is -5.24. The van der Waals surface area contributed by atoms with Crippen LogP contribution in [-0.4, -0.2) is 75.1 Å². The number of nitrogens with zero attached hydrogens (tertiary/aromatic N) is 3. The molecule has 0 radical (unpaired) electrons. The van der Waals surface area contributed by atoms with Crippen molar-refractivity contribution in [2.24, 2.45) is 22.9 Å². The summed E-state index contributed by atoms with van der Waals surface area (Å²) in [5, 5.41) is 46.7. The molecule has 1 saturated carbocycles. The number of allylic oxidation sites excluding steroid dienone is 1. The highest BCUT2D eigenvalue weighted by molar-refractivity contribution is 6.03. The lowest BCUT2D eigenvalue weighted by atomic mass is 9.55. The van der Waals surface area contributed by atoms with Crippen molar-refractivity contribution in [3.8, 4) is 17.2 Å². The van der Waals surface area contributed by atoms with Gasteiger partial charge in [0, 0.05) is 49.8 Å². The van der Waals surface area contributed by atoms with Crippen LogP contribution in [0.2, 0.25) is 0 Å². The van der Waals surface area contributed by atoms with Crippen molar-refractivity contribution < 1.29 is 44.1 Å². The second-order valence-electron chi connectivity index (χ2n) is 14.9. The van der Waals surface area contributed by atoms with E-state index < -0.39 is 28.8 Å². The van der Waals surface area contributed by atoms with Crippen LogP contribution < -0.4 is 9.47 Å². The van der Waals surface area contributed by atoms with Gasteiger partial charge in [0.15, 0.2) is 0 Å². The Morgan fingerprint density at radius 1 is 1.05 bits per heavy atom. The van der Waals surface area contributed by atoms with Gasteiger partial charge in [-0.05, 0) is 85.4 Å². The van der Waals surface area contributed by atoms with Crippen LogP contribution in [0, 0.1) is 27.9 Å². The predicted octanol–water partition coefficient (Wildman–Crippen LogP) is 8.05. The predicted molar refractivity (Wildman–Crippen MR) is 214 cm³/mol. The van der Waals surface area contributed by atoms with E-state index in [-0.39, 0.29) is 74.3 Å². The van der Waals surface area contributed by atoms with E-state index in [0.29, 0.717) is 30.7 Å². The number of oxime groups is 1. The topological polar surface area (TPSA) is 173 Å². The Morgan fingerprint density at radius 3 is 2.47 bits per heavy atom. The number of carbonyl (C=O) groups excluding carboxylic acids is 1. The van der Waals surface area contributed by atoms with Gasteiger partial charge in [0.05, 0.1) is 23.2 Å². The number of fused-ring (bicyclic) bond motifs is 2. The molecule has 1 fully saturated rings. The summed E-state index contributed by atoms with van der Waals surface area (Å²) < 4.78 is 20.0. The number of phenolic OH excluding ortho intramolecular Hbond substituents is 1. The molecule has 1 heterocycles. The van der Waals surface area contributed by atoms with Gasteiger partial charge < -0.3 is 34.4 Å². The highest BCUT2D eigenvalue weighted by atomic mass is 16.7. The second-order valence-corrected chi connectivity index (χ2v) is 14.9. The molecule has 304 valence electrons. The van der Waals surface area contributed by atoms with Gasteiger partial charge in [-0.15, -0.1) is 6.58 Å². The lowest BCUT2D eigenvalue weighted by molar-refractivity contribution is -0.384. The van der Waals surface area contributed by atoms with Crippen LogP contribution in [0.1, 0.15) is 75.3 Å². The standard InChI is InChI=1S/C44H53N3O10/c1-3-22-46(43(51)56-34-19-16-32(17-20-34)47(52)53)40-28-38(45-55-29-30-12-6-5-7-13-30)36-26-31(14-8-10-23-48)35(15-9-11-24-49)41-37-27-33(50)18-21-39(37)57-44(40,42(36)41)54-25-4-2/h4-7,12-13,16-21,26-27,31,35,40-42,48-50H,2-3,8-11,14-15,22-25,28-29H2,1H3. The van der Waals surface area contributed by atoms with Gasteiger partial charge in [-0.25, -0.2) is 4.79 Å². The largest absolute Gasteiger partial charge is 0.508 e. The Morgan fingerprint density at radius 2 is 1.79 bits per heavy atom. The van der Waals surface area contributed by atoms with Crippen molar-refractivity contribution in [2.75, 3.05) is 26.4 Å². The number of ether oxygens (including phenoxy) is 3. The van der Waals surface area contributed by atoms with E-state index in [1.54, 1.807) is 29.2 Å². The zero-order chi connectivity index (χ0) is 40.4. The molecule has 0 saturated heterocycles. The number of phenols is 1. The molecule has 3 N–H and O–H groups in total. The zero-order valence-electron chi connectivity index (χ0n) is 32.4. The van der Waals surface area contributed by atoms with Gasteiger partial charge >= 0.3 is 6.09 Å². The summed E-state index contributed by atoms with van der Waals surface area (Å²) in [6.07, 6.45) is 8.29. The smallest absolute Gasteiger partial charge is 0.415 e. The normalized spacial score (nSPS) is 24.0. The molecule has 6 rings (SSSR count). The fourth-order valence-electron chi connectivity index (χ4n) is 8.83. The zero-order valence-corrected chi connectivity index (χ0v) is 32.4. The maximum absolute atomic E-state index is 14.5.